The van der Waals surface area contributed by atoms with Crippen molar-refractivity contribution in [1.29, 1.82) is 0 Å². The highest BCUT2D eigenvalue weighted by molar-refractivity contribution is 8.10. The molecule has 0 saturated heterocycles. The maximum absolute atomic E-state index is 7.56. The summed E-state index contributed by atoms with van der Waals surface area (Å²) in [6.45, 7) is 0. The molecule has 0 aromatic heterocycles. The summed E-state index contributed by atoms with van der Waals surface area (Å²) in [6, 6.07) is 0. The summed E-state index contributed by atoms with van der Waals surface area (Å²) in [4.78, 5) is 0. The molecular formula is C2H6N2OS3. The Morgan fingerprint density at radius 3 is 1.38 bits per heavy atom. The fourth-order valence-corrected chi connectivity index (χ4v) is 0. The van der Waals surface area contributed by atoms with Gasteiger partial charge in [0.1, 0.15) is 4.32 Å². The molecule has 0 atom stereocenters. The SMILES string of the molecule is NC(=S)S.NC(O)=S. The van der Waals surface area contributed by atoms with E-state index < -0.39 is 5.17 Å². The average Bonchev–Trinajstić information content (AvgIpc) is 1.25. The van der Waals surface area contributed by atoms with Gasteiger partial charge in [0.05, 0.1) is 0 Å². The molecule has 48 valence electrons. The number of rotatable bonds is 0. The number of hydrogen-bond acceptors (Lipinski definition) is 2. The number of nitrogens with two attached hydrogens (primary N) is 2. The number of hydrogen-bond donors (Lipinski definition) is 4. The third kappa shape index (κ3) is 29400. The van der Waals surface area contributed by atoms with Crippen LogP contribution in [0.15, 0.2) is 0 Å². The van der Waals surface area contributed by atoms with Crippen molar-refractivity contribution in [1.82, 2.24) is 0 Å². The molecule has 0 aromatic rings. The quantitative estimate of drug-likeness (QED) is 0.303. The van der Waals surface area contributed by atoms with Crippen LogP contribution in [0.2, 0.25) is 0 Å². The lowest BCUT2D eigenvalue weighted by atomic mass is 11.4. The summed E-state index contributed by atoms with van der Waals surface area (Å²) in [7, 11) is 0. The number of aliphatic hydroxyl groups excluding tert-OH is 1. The zero-order valence-electron chi connectivity index (χ0n) is 3.87. The molecule has 0 unspecified atom stereocenters. The van der Waals surface area contributed by atoms with E-state index in [4.69, 9.17) is 10.8 Å². The minimum Gasteiger partial charge on any atom is -0.487 e. The van der Waals surface area contributed by atoms with Crippen LogP contribution >= 0.6 is 37.1 Å². The van der Waals surface area contributed by atoms with Gasteiger partial charge in [-0.3, -0.25) is 0 Å². The highest BCUT2D eigenvalue weighted by atomic mass is 32.1. The molecule has 0 aromatic carbocycles. The van der Waals surface area contributed by atoms with E-state index in [2.05, 4.69) is 42.8 Å². The molecule has 0 spiro atoms. The van der Waals surface area contributed by atoms with Gasteiger partial charge < -0.3 is 16.6 Å². The van der Waals surface area contributed by atoms with E-state index in [1.807, 2.05) is 0 Å². The Labute approximate surface area is 63.5 Å². The van der Waals surface area contributed by atoms with Crippen molar-refractivity contribution in [3.05, 3.63) is 0 Å². The van der Waals surface area contributed by atoms with Crippen LogP contribution in [-0.2, 0) is 0 Å². The fourth-order valence-electron chi connectivity index (χ4n) is 0. The standard InChI is InChI=1S/CH3NOS.CH3NS2/c2*2-1(3)4/h2*(H3,2,3,4). The normalized spacial score (nSPS) is 6.12. The van der Waals surface area contributed by atoms with Crippen LogP contribution in [-0.4, -0.2) is 14.6 Å². The van der Waals surface area contributed by atoms with Crippen LogP contribution < -0.4 is 11.5 Å². The monoisotopic (exact) mass is 170 g/mol. The first kappa shape index (κ1) is 10.8. The maximum atomic E-state index is 7.56. The number of thiol groups is 1. The molecule has 0 heterocycles. The second-order valence-corrected chi connectivity index (χ2v) is 2.32. The van der Waals surface area contributed by atoms with Gasteiger partial charge in [-0.25, -0.2) is 0 Å². The molecule has 0 saturated carbocycles. The lowest BCUT2D eigenvalue weighted by Gasteiger charge is -1.67. The van der Waals surface area contributed by atoms with Crippen molar-refractivity contribution in [3.63, 3.8) is 0 Å². The maximum Gasteiger partial charge on any atom is 0.251 e. The fraction of sp³-hybridized carbons (Fsp3) is 0. The molecule has 6 heteroatoms. The summed E-state index contributed by atoms with van der Waals surface area (Å²) < 4.78 is 0.194. The van der Waals surface area contributed by atoms with Crippen LogP contribution in [0.1, 0.15) is 0 Å². The van der Waals surface area contributed by atoms with E-state index in [0.717, 1.165) is 0 Å². The average molecular weight is 170 g/mol. The molecule has 0 aliphatic rings. The number of thiocarbonyl (C=S) groups is 2. The topological polar surface area (TPSA) is 72.3 Å². The van der Waals surface area contributed by atoms with Gasteiger partial charge in [0, 0.05) is 0 Å². The van der Waals surface area contributed by atoms with Gasteiger partial charge in [0.15, 0.2) is 0 Å². The van der Waals surface area contributed by atoms with Crippen molar-refractivity contribution >= 4 is 46.6 Å². The lowest BCUT2D eigenvalue weighted by molar-refractivity contribution is 0.560. The first-order valence-corrected chi connectivity index (χ1v) is 2.70. The lowest BCUT2D eigenvalue weighted by Crippen LogP contribution is -2.03. The molecule has 0 amide bonds. The highest BCUT2D eigenvalue weighted by Gasteiger charge is 1.57. The first-order chi connectivity index (χ1) is 3.46. The van der Waals surface area contributed by atoms with Crippen molar-refractivity contribution in [2.75, 3.05) is 0 Å². The van der Waals surface area contributed by atoms with Crippen molar-refractivity contribution < 1.29 is 5.11 Å². The molecule has 0 rings (SSSR count). The van der Waals surface area contributed by atoms with Crippen LogP contribution in [0.5, 0.6) is 0 Å². The van der Waals surface area contributed by atoms with E-state index >= 15 is 0 Å². The van der Waals surface area contributed by atoms with E-state index in [-0.39, 0.29) is 4.32 Å². The number of aliphatic hydroxyl groups is 1. The summed E-state index contributed by atoms with van der Waals surface area (Å²) in [6.07, 6.45) is 0. The zero-order valence-corrected chi connectivity index (χ0v) is 6.39. The smallest absolute Gasteiger partial charge is 0.251 e. The van der Waals surface area contributed by atoms with Gasteiger partial charge in [-0.1, -0.05) is 12.2 Å². The van der Waals surface area contributed by atoms with Gasteiger partial charge in [0.25, 0.3) is 5.17 Å². The third-order valence-corrected chi connectivity index (χ3v) is 0. The molecule has 3 nitrogen and oxygen atoms in total. The van der Waals surface area contributed by atoms with E-state index in [1.54, 1.807) is 0 Å². The van der Waals surface area contributed by atoms with Gasteiger partial charge in [-0.2, -0.15) is 0 Å². The van der Waals surface area contributed by atoms with E-state index in [0.29, 0.717) is 0 Å². The van der Waals surface area contributed by atoms with E-state index in [9.17, 15) is 0 Å². The van der Waals surface area contributed by atoms with Crippen molar-refractivity contribution in [3.8, 4) is 0 Å². The van der Waals surface area contributed by atoms with Crippen LogP contribution in [0.3, 0.4) is 0 Å². The second-order valence-electron chi connectivity index (χ2n) is 0.676. The molecule has 0 aliphatic carbocycles. The molecule has 8 heavy (non-hydrogen) atoms. The van der Waals surface area contributed by atoms with Gasteiger partial charge >= 0.3 is 0 Å². The van der Waals surface area contributed by atoms with Gasteiger partial charge in [0.2, 0.25) is 0 Å². The Kier molecular flexibility index (Phi) is 9.38. The van der Waals surface area contributed by atoms with E-state index in [1.165, 1.54) is 0 Å². The minimum absolute atomic E-state index is 0.194. The Morgan fingerprint density at radius 2 is 1.38 bits per heavy atom. The van der Waals surface area contributed by atoms with Crippen LogP contribution in [0.25, 0.3) is 0 Å². The van der Waals surface area contributed by atoms with Gasteiger partial charge in [-0.15, -0.1) is 12.6 Å². The zero-order chi connectivity index (χ0) is 7.15. The second kappa shape index (κ2) is 6.93. The highest BCUT2D eigenvalue weighted by Crippen LogP contribution is 1.63. The van der Waals surface area contributed by atoms with Crippen molar-refractivity contribution in [2.45, 2.75) is 0 Å². The summed E-state index contributed by atoms with van der Waals surface area (Å²) >= 11 is 11.5. The third-order valence-electron chi connectivity index (χ3n) is 0. The Morgan fingerprint density at radius 1 is 1.38 bits per heavy atom. The molecule has 5 N–H and O–H groups in total. The van der Waals surface area contributed by atoms with Crippen LogP contribution in [0, 0.1) is 0 Å². The Bertz CT molecular complexity index is 73.3. The van der Waals surface area contributed by atoms with Gasteiger partial charge in [-0.05, 0) is 12.2 Å². The molecule has 0 fully saturated rings. The predicted octanol–water partition coefficient (Wildman–Crippen LogP) is -0.0522. The largest absolute Gasteiger partial charge is 0.487 e. The Hall–Kier alpha value is -0.0700. The van der Waals surface area contributed by atoms with Crippen LogP contribution in [0.4, 0.5) is 0 Å². The minimum atomic E-state index is -0.500. The summed E-state index contributed by atoms with van der Waals surface area (Å²) in [5, 5.41) is 7.06. The molecule has 0 aliphatic heterocycles. The van der Waals surface area contributed by atoms with Crippen molar-refractivity contribution in [2.24, 2.45) is 11.5 Å². The predicted molar refractivity (Wildman–Crippen MR) is 45.2 cm³/mol. The summed E-state index contributed by atoms with van der Waals surface area (Å²) in [5.74, 6) is 0. The molecule has 0 radical (unpaired) electrons. The Balaban J connectivity index is 0. The summed E-state index contributed by atoms with van der Waals surface area (Å²) in [5.41, 5.74) is 9.10. The molecular weight excluding hydrogens is 164 g/mol. The first-order valence-electron chi connectivity index (χ1n) is 1.43. The molecule has 0 bridgehead atoms.